The molecule has 0 fully saturated rings. The minimum absolute atomic E-state index is 0. The van der Waals surface area contributed by atoms with Crippen LogP contribution in [0.2, 0.25) is 0 Å². The zero-order valence-electron chi connectivity index (χ0n) is 8.25. The average Bonchev–Trinajstić information content (AvgIpc) is 2.09. The van der Waals surface area contributed by atoms with Crippen molar-refractivity contribution in [2.75, 3.05) is 0 Å². The zero-order valence-corrected chi connectivity index (χ0v) is 27.2. The quantitative estimate of drug-likeness (QED) is 0.215. The van der Waals surface area contributed by atoms with Crippen molar-refractivity contribution in [1.82, 2.24) is 0 Å². The van der Waals surface area contributed by atoms with E-state index in [0.29, 0.717) is 0 Å². The third-order valence-corrected chi connectivity index (χ3v) is 0. The van der Waals surface area contributed by atoms with Gasteiger partial charge >= 0.3 is 187 Å². The van der Waals surface area contributed by atoms with E-state index in [9.17, 15) is 0 Å². The number of rotatable bonds is 0. The first-order chi connectivity index (χ1) is 7.07. The van der Waals surface area contributed by atoms with Gasteiger partial charge in [-0.3, -0.25) is 0 Å². The first-order valence-corrected chi connectivity index (χ1v) is 12.2. The monoisotopic (exact) mass is 741 g/mol. The summed E-state index contributed by atoms with van der Waals surface area (Å²) in [6.07, 6.45) is 0. The summed E-state index contributed by atoms with van der Waals surface area (Å²) in [7, 11) is 0. The normalized spacial score (nSPS) is 3.53. The van der Waals surface area contributed by atoms with Gasteiger partial charge in [-0.15, -0.1) is 0 Å². The van der Waals surface area contributed by atoms with E-state index in [0.717, 1.165) is 0 Å². The molecule has 10 nitrogen and oxygen atoms in total. The van der Waals surface area contributed by atoms with Gasteiger partial charge in [0.2, 0.25) is 0 Å². The Balaban J connectivity index is -0.0000000143. The molecule has 0 aromatic carbocycles. The van der Waals surface area contributed by atoms with Gasteiger partial charge in [0.25, 0.3) is 0 Å². The van der Waals surface area contributed by atoms with Crippen LogP contribution < -0.4 is 20.7 Å². The second-order valence-corrected chi connectivity index (χ2v) is 2.50. The summed E-state index contributed by atoms with van der Waals surface area (Å²) in [6, 6.07) is 0. The Bertz CT molecular complexity index is 97.0. The van der Waals surface area contributed by atoms with Crippen LogP contribution in [0.4, 0.5) is 0 Å². The van der Waals surface area contributed by atoms with Crippen LogP contribution in [0.5, 0.6) is 0 Å². The molecule has 0 aromatic rings. The summed E-state index contributed by atoms with van der Waals surface area (Å²) < 4.78 is 85.3. The van der Waals surface area contributed by atoms with Crippen molar-refractivity contribution < 1.29 is 39.6 Å². The van der Waals surface area contributed by atoms with Gasteiger partial charge in [0, 0.05) is 0 Å². The van der Waals surface area contributed by atoms with Crippen LogP contribution in [0.3, 0.4) is 0 Å². The number of hydrogen-bond donors (Lipinski definition) is 0. The molecule has 90 valence electrons. The summed E-state index contributed by atoms with van der Waals surface area (Å²) in [5, 5.41) is 0. The third kappa shape index (κ3) is 635. The molecule has 0 saturated heterocycles. The van der Waals surface area contributed by atoms with E-state index in [1.54, 1.807) is 0 Å². The van der Waals surface area contributed by atoms with Gasteiger partial charge in [0.15, 0.2) is 0 Å². The molecule has 0 aromatic heterocycles. The molecule has 0 atom stereocenters. The molecule has 0 aliphatic heterocycles. The van der Waals surface area contributed by atoms with Crippen LogP contribution in [0.15, 0.2) is 0 Å². The summed E-state index contributed by atoms with van der Waals surface area (Å²) in [5.41, 5.74) is 0. The summed E-state index contributed by atoms with van der Waals surface area (Å²) in [5.74, 6) is 0. The predicted octanol–water partition coefficient (Wildman–Crippen LogP) is -10.5. The minimum atomic E-state index is -2.19. The van der Waals surface area contributed by atoms with E-state index >= 15 is 0 Å². The van der Waals surface area contributed by atoms with E-state index < -0.39 is 78.5 Å². The Kier molecular flexibility index (Phi) is 243. The molecular formula is H5BaGaGe5O10. The fraction of sp³-hybridized carbons (Fsp3) is 0. The van der Waals surface area contributed by atoms with Crippen molar-refractivity contribution >= 4 is 147 Å². The zero-order chi connectivity index (χ0) is 13.5. The van der Waals surface area contributed by atoms with Gasteiger partial charge in [-0.25, -0.2) is 0 Å². The molecule has 0 radical (unpaired) electrons. The van der Waals surface area contributed by atoms with E-state index in [2.05, 4.69) is 0 Å². The Morgan fingerprint density at radius 1 is 0.471 bits per heavy atom. The van der Waals surface area contributed by atoms with Gasteiger partial charge in [0.1, 0.15) is 0 Å². The van der Waals surface area contributed by atoms with Gasteiger partial charge in [-0.05, 0) is 0 Å². The summed E-state index contributed by atoms with van der Waals surface area (Å²) in [6.45, 7) is 0. The molecule has 17 heteroatoms. The fourth-order valence-corrected chi connectivity index (χ4v) is 0. The van der Waals surface area contributed by atoms with Gasteiger partial charge in [0.05, 0.1) is 0 Å². The fourth-order valence-electron chi connectivity index (χ4n) is 0. The second kappa shape index (κ2) is 96.8. The molecule has 0 aliphatic rings. The molecule has 0 heterocycles. The molecule has 0 amide bonds. The van der Waals surface area contributed by atoms with Crippen molar-refractivity contribution in [1.29, 1.82) is 0 Å². The molecule has 0 unspecified atom stereocenters. The van der Waals surface area contributed by atoms with Crippen LogP contribution in [0.25, 0.3) is 0 Å². The third-order valence-electron chi connectivity index (χ3n) is 0. The Labute approximate surface area is 183 Å². The SMILES string of the molecule is [Ba+2].[Ga+3].[O]=[GeH][O-].[O]=[GeH][O-].[O]=[GeH][O-].[O]=[GeH][O-].[O]=[GeH][O-]. The number of hydrogen-bond acceptors (Lipinski definition) is 10. The van der Waals surface area contributed by atoms with Crippen molar-refractivity contribution in [2.24, 2.45) is 0 Å². The maximum absolute atomic E-state index is 8.53. The van der Waals surface area contributed by atoms with E-state index in [4.69, 9.17) is 39.6 Å². The predicted molar refractivity (Wildman–Crippen MR) is 50.7 cm³/mol. The molecule has 0 spiro atoms. The summed E-state index contributed by atoms with van der Waals surface area (Å²) >= 11 is -10.9. The van der Waals surface area contributed by atoms with Crippen molar-refractivity contribution in [3.05, 3.63) is 0 Å². The van der Waals surface area contributed by atoms with Crippen LogP contribution in [-0.2, 0) is 18.9 Å². The molecule has 0 aliphatic carbocycles. The van der Waals surface area contributed by atoms with Crippen LogP contribution in [-0.4, -0.2) is 147 Å². The second-order valence-electron chi connectivity index (χ2n) is 0.481. The molecule has 0 rings (SSSR count). The standard InChI is InChI=1S/Ba.Ga.5GeHO2/c;;5*2-1-3/h;;5*1H/q+2;+3;5*-1. The van der Waals surface area contributed by atoms with Crippen LogP contribution >= 0.6 is 0 Å². The Morgan fingerprint density at radius 3 is 0.471 bits per heavy atom. The topological polar surface area (TPSA) is 201 Å². The molecular weight excluding hydrogens is 730 g/mol. The van der Waals surface area contributed by atoms with Gasteiger partial charge < -0.3 is 0 Å². The van der Waals surface area contributed by atoms with E-state index in [1.165, 1.54) is 0 Å². The Morgan fingerprint density at radius 2 is 0.471 bits per heavy atom. The van der Waals surface area contributed by atoms with Crippen molar-refractivity contribution in [2.45, 2.75) is 0 Å². The van der Waals surface area contributed by atoms with Gasteiger partial charge in [-0.2, -0.15) is 0 Å². The van der Waals surface area contributed by atoms with Crippen LogP contribution in [0.1, 0.15) is 0 Å². The van der Waals surface area contributed by atoms with Crippen LogP contribution in [0, 0.1) is 0 Å². The molecule has 0 bridgehead atoms. The Hall–Kier alpha value is 2.92. The van der Waals surface area contributed by atoms with Crippen molar-refractivity contribution in [3.63, 3.8) is 0 Å². The molecule has 0 saturated carbocycles. The first kappa shape index (κ1) is 42.7. The van der Waals surface area contributed by atoms with E-state index in [-0.39, 0.29) is 68.7 Å². The first-order valence-electron chi connectivity index (χ1n) is 2.36. The maximum atomic E-state index is 8.53. The molecule has 0 N–H and O–H groups in total. The average molecular weight is 735 g/mol. The summed E-state index contributed by atoms with van der Waals surface area (Å²) in [4.78, 5) is 0. The van der Waals surface area contributed by atoms with Crippen molar-refractivity contribution in [3.8, 4) is 0 Å². The molecule has 17 heavy (non-hydrogen) atoms. The van der Waals surface area contributed by atoms with E-state index in [1.807, 2.05) is 0 Å². The van der Waals surface area contributed by atoms with Gasteiger partial charge in [-0.1, -0.05) is 0 Å².